The van der Waals surface area contributed by atoms with Gasteiger partial charge >= 0.3 is 7.12 Å². The number of allylic oxidation sites excluding steroid dienone is 2. The third-order valence-electron chi connectivity index (χ3n) is 7.94. The zero-order valence-corrected chi connectivity index (χ0v) is 21.7. The second-order valence-electron chi connectivity index (χ2n) is 10.0. The number of halogens is 1. The van der Waals surface area contributed by atoms with Crippen LogP contribution in [0.3, 0.4) is 0 Å². The third kappa shape index (κ3) is 4.86. The average molecular weight is 521 g/mol. The van der Waals surface area contributed by atoms with Gasteiger partial charge in [0.15, 0.2) is 0 Å². The number of hydrogen-bond acceptors (Lipinski definition) is 6. The highest BCUT2D eigenvalue weighted by atomic mass is 35.5. The summed E-state index contributed by atoms with van der Waals surface area (Å²) in [6.07, 6.45) is 6.11. The van der Waals surface area contributed by atoms with Crippen molar-refractivity contribution in [3.8, 4) is 5.75 Å². The third-order valence-corrected chi connectivity index (χ3v) is 8.27. The first kappa shape index (κ1) is 25.7. The summed E-state index contributed by atoms with van der Waals surface area (Å²) in [5, 5.41) is 20.9. The maximum Gasteiger partial charge on any atom is 0.455 e. The first-order chi connectivity index (χ1) is 17.8. The van der Waals surface area contributed by atoms with Crippen molar-refractivity contribution in [1.29, 1.82) is 0 Å². The standard InChI is InChI=1S/C28H30BClN2O5/c1-3-16-13-20-26(28(35)32(2)27(20)34)21-15-29(36)37-24(25(16)21)10-8-18(23-6-4-5-11-31-23)12-17-7-9-19(33)14-22(17)30/h4-7,9,11-12,14,20-21,24,26,33,36H,3,8,10,13,15H2,1-2H3/b18-12-/t20-,21+,24-,26-/m1/s1. The van der Waals surface area contributed by atoms with E-state index < -0.39 is 13.0 Å². The van der Waals surface area contributed by atoms with Gasteiger partial charge in [-0.25, -0.2) is 0 Å². The Balaban J connectivity index is 1.47. The molecule has 9 heteroatoms. The Kier molecular flexibility index (Phi) is 7.25. The van der Waals surface area contributed by atoms with Crippen LogP contribution >= 0.6 is 11.6 Å². The van der Waals surface area contributed by atoms with E-state index in [4.69, 9.17) is 16.3 Å². The van der Waals surface area contributed by atoms with Gasteiger partial charge in [-0.1, -0.05) is 30.2 Å². The molecule has 192 valence electrons. The van der Waals surface area contributed by atoms with E-state index in [0.29, 0.717) is 30.6 Å². The molecule has 2 aliphatic heterocycles. The zero-order chi connectivity index (χ0) is 26.3. The van der Waals surface area contributed by atoms with Gasteiger partial charge in [-0.15, -0.1) is 0 Å². The van der Waals surface area contributed by atoms with Crippen LogP contribution in [0.5, 0.6) is 5.75 Å². The van der Waals surface area contributed by atoms with Crippen LogP contribution < -0.4 is 0 Å². The van der Waals surface area contributed by atoms with E-state index in [0.717, 1.165) is 34.4 Å². The molecule has 7 nitrogen and oxygen atoms in total. The van der Waals surface area contributed by atoms with Gasteiger partial charge in [-0.3, -0.25) is 19.5 Å². The topological polar surface area (TPSA) is 100.0 Å². The number of aromatic nitrogens is 1. The number of phenolic OH excluding ortho intramolecular Hbond substituents is 1. The van der Waals surface area contributed by atoms with Crippen molar-refractivity contribution in [2.75, 3.05) is 7.05 Å². The molecule has 5 rings (SSSR count). The Morgan fingerprint density at radius 1 is 1.24 bits per heavy atom. The van der Waals surface area contributed by atoms with E-state index >= 15 is 0 Å². The molecule has 1 aromatic heterocycles. The molecule has 2 saturated heterocycles. The molecule has 0 saturated carbocycles. The van der Waals surface area contributed by atoms with Crippen LogP contribution in [-0.2, 0) is 14.2 Å². The minimum atomic E-state index is -1.00. The van der Waals surface area contributed by atoms with Gasteiger partial charge in [0, 0.05) is 13.2 Å². The lowest BCUT2D eigenvalue weighted by atomic mass is 9.58. The summed E-state index contributed by atoms with van der Waals surface area (Å²) < 4.78 is 6.08. The smallest absolute Gasteiger partial charge is 0.455 e. The number of carbonyl (C=O) groups excluding carboxylic acids is 2. The molecule has 2 N–H and O–H groups in total. The Labute approximate surface area is 221 Å². The number of aromatic hydroxyl groups is 1. The lowest BCUT2D eigenvalue weighted by Crippen LogP contribution is -2.46. The van der Waals surface area contributed by atoms with Crippen molar-refractivity contribution in [2.45, 2.75) is 45.0 Å². The molecule has 0 radical (unpaired) electrons. The monoisotopic (exact) mass is 520 g/mol. The molecule has 3 heterocycles. The largest absolute Gasteiger partial charge is 0.508 e. The Bertz CT molecular complexity index is 1280. The molecule has 2 fully saturated rings. The summed E-state index contributed by atoms with van der Waals surface area (Å²) in [5.74, 6) is -1.19. The maximum atomic E-state index is 13.0. The van der Waals surface area contributed by atoms with Crippen LogP contribution in [0, 0.1) is 17.8 Å². The van der Waals surface area contributed by atoms with Gasteiger partial charge in [-0.05, 0) is 91.0 Å². The summed E-state index contributed by atoms with van der Waals surface area (Å²) in [7, 11) is 0.554. The lowest BCUT2D eigenvalue weighted by Gasteiger charge is -2.43. The Hall–Kier alpha value is -2.94. The Morgan fingerprint density at radius 2 is 2.05 bits per heavy atom. The highest BCUT2D eigenvalue weighted by molar-refractivity contribution is 6.43. The van der Waals surface area contributed by atoms with Crippen LogP contribution in [0.1, 0.15) is 43.9 Å². The second-order valence-corrected chi connectivity index (χ2v) is 10.4. The molecule has 0 spiro atoms. The number of hydrogen-bond donors (Lipinski definition) is 2. The van der Waals surface area contributed by atoms with Gasteiger partial charge in [0.2, 0.25) is 11.8 Å². The van der Waals surface area contributed by atoms with Gasteiger partial charge < -0.3 is 14.8 Å². The van der Waals surface area contributed by atoms with Crippen molar-refractivity contribution in [2.24, 2.45) is 17.8 Å². The van der Waals surface area contributed by atoms with Gasteiger partial charge in [0.05, 0.1) is 28.7 Å². The van der Waals surface area contributed by atoms with E-state index in [1.54, 1.807) is 25.4 Å². The fourth-order valence-electron chi connectivity index (χ4n) is 6.19. The van der Waals surface area contributed by atoms with E-state index in [1.165, 1.54) is 11.0 Å². The molecule has 3 aliphatic rings. The molecule has 2 aromatic rings. The van der Waals surface area contributed by atoms with E-state index in [2.05, 4.69) is 11.9 Å². The number of pyridine rings is 1. The van der Waals surface area contributed by atoms with Gasteiger partial charge in [0.25, 0.3) is 0 Å². The first-order valence-corrected chi connectivity index (χ1v) is 13.1. The fraction of sp³-hybridized carbons (Fsp3) is 0.393. The number of amides is 2. The van der Waals surface area contributed by atoms with E-state index in [9.17, 15) is 19.7 Å². The maximum absolute atomic E-state index is 13.0. The minimum Gasteiger partial charge on any atom is -0.508 e. The number of benzene rings is 1. The fourth-order valence-corrected chi connectivity index (χ4v) is 6.42. The molecule has 0 unspecified atom stereocenters. The molecule has 37 heavy (non-hydrogen) atoms. The van der Waals surface area contributed by atoms with Crippen molar-refractivity contribution in [1.82, 2.24) is 9.88 Å². The first-order valence-electron chi connectivity index (χ1n) is 12.8. The van der Waals surface area contributed by atoms with Gasteiger partial charge in [0.1, 0.15) is 5.75 Å². The van der Waals surface area contributed by atoms with E-state index in [-0.39, 0.29) is 35.5 Å². The van der Waals surface area contributed by atoms with Crippen LogP contribution in [0.2, 0.25) is 11.3 Å². The van der Waals surface area contributed by atoms with Crippen LogP contribution in [0.4, 0.5) is 0 Å². The van der Waals surface area contributed by atoms with Crippen molar-refractivity contribution in [3.63, 3.8) is 0 Å². The summed E-state index contributed by atoms with van der Waals surface area (Å²) in [5.41, 5.74) is 4.73. The molecule has 4 atom stereocenters. The quantitative estimate of drug-likeness (QED) is 0.328. The number of phenols is 1. The number of imide groups is 1. The number of carbonyl (C=O) groups is 2. The summed E-state index contributed by atoms with van der Waals surface area (Å²) in [4.78, 5) is 31.6. The number of nitrogens with zero attached hydrogens (tertiary/aromatic N) is 2. The van der Waals surface area contributed by atoms with Crippen LogP contribution in [0.25, 0.3) is 11.6 Å². The predicted octanol–water partition coefficient (Wildman–Crippen LogP) is 4.60. The summed E-state index contributed by atoms with van der Waals surface area (Å²) >= 11 is 6.39. The molecular formula is C28H30BClN2O5. The molecular weight excluding hydrogens is 491 g/mol. The summed E-state index contributed by atoms with van der Waals surface area (Å²) in [6.45, 7) is 2.07. The van der Waals surface area contributed by atoms with E-state index in [1.807, 2.05) is 24.3 Å². The SMILES string of the molecule is CCC1=C2[C@@H](CC/C(=C/c3ccc(O)cc3Cl)c3ccccn3)OB(O)C[C@@H]2[C@@H]2C(=O)N(C)C(=O)[C@@H]2C1. The van der Waals surface area contributed by atoms with Crippen molar-refractivity contribution >= 4 is 42.2 Å². The summed E-state index contributed by atoms with van der Waals surface area (Å²) in [6, 6.07) is 10.6. The van der Waals surface area contributed by atoms with Gasteiger partial charge in [-0.2, -0.15) is 0 Å². The number of fused-ring (bicyclic) bond motifs is 3. The number of rotatable bonds is 6. The molecule has 0 bridgehead atoms. The molecule has 1 aliphatic carbocycles. The Morgan fingerprint density at radius 3 is 2.76 bits per heavy atom. The number of likely N-dealkylation sites (tertiary alicyclic amines) is 1. The predicted molar refractivity (Wildman–Crippen MR) is 142 cm³/mol. The second kappa shape index (κ2) is 10.4. The average Bonchev–Trinajstić information content (AvgIpc) is 3.11. The molecule has 1 aromatic carbocycles. The highest BCUT2D eigenvalue weighted by Gasteiger charge is 2.56. The van der Waals surface area contributed by atoms with Crippen LogP contribution in [0.15, 0.2) is 53.7 Å². The normalized spacial score (nSPS) is 26.0. The van der Waals surface area contributed by atoms with Crippen molar-refractivity contribution in [3.05, 3.63) is 70.0 Å². The van der Waals surface area contributed by atoms with Crippen LogP contribution in [-0.4, -0.2) is 52.1 Å². The van der Waals surface area contributed by atoms with Crippen molar-refractivity contribution < 1.29 is 24.4 Å². The minimum absolute atomic E-state index is 0.0948. The lowest BCUT2D eigenvalue weighted by molar-refractivity contribution is -0.138. The highest BCUT2D eigenvalue weighted by Crippen LogP contribution is 2.51. The zero-order valence-electron chi connectivity index (χ0n) is 20.9. The molecule has 2 amide bonds.